The number of pyridine rings is 1. The number of fused-ring (bicyclic) bond motifs is 1. The number of aryl methyl sites for hydroxylation is 1. The number of hydrogen-bond donors (Lipinski definition) is 0. The molecule has 0 atom stereocenters. The lowest BCUT2D eigenvalue weighted by atomic mass is 10.2. The van der Waals surface area contributed by atoms with Gasteiger partial charge in [-0.05, 0) is 74.0 Å². The summed E-state index contributed by atoms with van der Waals surface area (Å²) in [6.45, 7) is 5.09. The number of benzene rings is 3. The molecule has 0 N–H and O–H groups in total. The van der Waals surface area contributed by atoms with Crippen LogP contribution in [-0.4, -0.2) is 78.7 Å². The zero-order valence-electron chi connectivity index (χ0n) is 29.0. The lowest BCUT2D eigenvalue weighted by Crippen LogP contribution is -2.48. The van der Waals surface area contributed by atoms with E-state index in [1.165, 1.54) is 40.8 Å². The smallest absolute Gasteiger partial charge is 0.422 e. The number of sulfonamides is 1. The highest BCUT2D eigenvalue weighted by molar-refractivity contribution is 7.92. The highest BCUT2D eigenvalue weighted by Crippen LogP contribution is 2.32. The Hall–Kier alpha value is -4.50. The van der Waals surface area contributed by atoms with E-state index in [0.717, 1.165) is 16.5 Å². The third-order valence-electron chi connectivity index (χ3n) is 8.74. The summed E-state index contributed by atoms with van der Waals surface area (Å²) in [7, 11) is -2.17. The van der Waals surface area contributed by atoms with Crippen molar-refractivity contribution >= 4 is 55.7 Å². The van der Waals surface area contributed by atoms with E-state index in [0.29, 0.717) is 49.9 Å². The maximum atomic E-state index is 13.6. The van der Waals surface area contributed by atoms with Crippen LogP contribution in [0.25, 0.3) is 10.9 Å². The van der Waals surface area contributed by atoms with E-state index >= 15 is 0 Å². The van der Waals surface area contributed by atoms with Gasteiger partial charge in [-0.25, -0.2) is 13.4 Å². The van der Waals surface area contributed by atoms with Crippen molar-refractivity contribution in [2.24, 2.45) is 7.05 Å². The summed E-state index contributed by atoms with van der Waals surface area (Å²) in [5.41, 5.74) is 2.58. The number of carbonyl (C=O) groups excluding carboxylic acids is 1. The number of alkyl halides is 3. The Morgan fingerprint density at radius 2 is 1.60 bits per heavy atom. The van der Waals surface area contributed by atoms with Crippen molar-refractivity contribution in [1.29, 1.82) is 0 Å². The molecule has 2 aromatic heterocycles. The van der Waals surface area contributed by atoms with Crippen molar-refractivity contribution in [3.63, 3.8) is 0 Å². The second-order valence-electron chi connectivity index (χ2n) is 12.9. The molecular weight excluding hydrogens is 754 g/mol. The fourth-order valence-corrected chi connectivity index (χ4v) is 8.15. The zero-order valence-corrected chi connectivity index (χ0v) is 31.3. The molecule has 6 rings (SSSR count). The summed E-state index contributed by atoms with van der Waals surface area (Å²) in [4.78, 5) is 22.0. The molecule has 0 saturated carbocycles. The summed E-state index contributed by atoms with van der Waals surface area (Å²) in [5, 5.41) is 1.24. The Kier molecular flexibility index (Phi) is 11.2. The van der Waals surface area contributed by atoms with E-state index in [2.05, 4.69) is 9.88 Å². The van der Waals surface area contributed by atoms with Gasteiger partial charge in [0.2, 0.25) is 5.88 Å². The van der Waals surface area contributed by atoms with E-state index in [1.807, 2.05) is 34.7 Å². The van der Waals surface area contributed by atoms with Gasteiger partial charge in [-0.15, -0.1) is 0 Å². The minimum Gasteiger partial charge on any atom is -0.484 e. The van der Waals surface area contributed by atoms with Gasteiger partial charge in [-0.2, -0.15) is 13.2 Å². The summed E-state index contributed by atoms with van der Waals surface area (Å²) in [6.07, 6.45) is -2.97. The molecule has 3 heterocycles. The number of carbonyl (C=O) groups is 1. The van der Waals surface area contributed by atoms with Crippen molar-refractivity contribution in [3.05, 3.63) is 106 Å². The molecule has 1 amide bonds. The lowest BCUT2D eigenvalue weighted by molar-refractivity contribution is -0.153. The maximum absolute atomic E-state index is 13.6. The zero-order chi connectivity index (χ0) is 38.1. The van der Waals surface area contributed by atoms with Gasteiger partial charge < -0.3 is 18.9 Å². The number of anilines is 1. The van der Waals surface area contributed by atoms with Crippen LogP contribution in [0.2, 0.25) is 10.0 Å². The number of rotatable bonds is 11. The molecule has 1 fully saturated rings. The Bertz CT molecular complexity index is 2210. The highest BCUT2D eigenvalue weighted by Gasteiger charge is 2.30. The van der Waals surface area contributed by atoms with Crippen molar-refractivity contribution in [2.75, 3.05) is 37.1 Å². The third kappa shape index (κ3) is 8.84. The Labute approximate surface area is 315 Å². The van der Waals surface area contributed by atoms with Crippen LogP contribution in [0.4, 0.5) is 18.9 Å². The van der Waals surface area contributed by atoms with Gasteiger partial charge in [0.05, 0.1) is 32.3 Å². The first kappa shape index (κ1) is 38.2. The van der Waals surface area contributed by atoms with Gasteiger partial charge in [0, 0.05) is 63.3 Å². The molecule has 0 aliphatic carbocycles. The number of ether oxygens (including phenoxy) is 2. The average molecular weight is 791 g/mol. The number of halogens is 5. The van der Waals surface area contributed by atoms with Crippen LogP contribution in [0.15, 0.2) is 90.0 Å². The first-order chi connectivity index (χ1) is 25.1. The second kappa shape index (κ2) is 15.5. The van der Waals surface area contributed by atoms with Crippen LogP contribution in [0, 0.1) is 0 Å². The predicted molar refractivity (Wildman–Crippen MR) is 198 cm³/mol. The molecule has 0 bridgehead atoms. The molecule has 5 aromatic rings. The van der Waals surface area contributed by atoms with Crippen LogP contribution in [0.5, 0.6) is 17.4 Å². The molecule has 1 saturated heterocycles. The van der Waals surface area contributed by atoms with Gasteiger partial charge in [0.25, 0.3) is 15.9 Å². The number of piperazine rings is 1. The molecule has 3 aromatic carbocycles. The minimum atomic E-state index is -4.39. The van der Waals surface area contributed by atoms with Crippen molar-refractivity contribution in [1.82, 2.24) is 19.4 Å². The number of amides is 1. The molecule has 53 heavy (non-hydrogen) atoms. The van der Waals surface area contributed by atoms with E-state index in [1.54, 1.807) is 44.2 Å². The third-order valence-corrected chi connectivity index (χ3v) is 11.5. The minimum absolute atomic E-state index is 0.0000131. The van der Waals surface area contributed by atoms with Gasteiger partial charge in [-0.3, -0.25) is 14.0 Å². The Morgan fingerprint density at radius 1 is 0.906 bits per heavy atom. The van der Waals surface area contributed by atoms with Gasteiger partial charge in [0.1, 0.15) is 17.2 Å². The Balaban J connectivity index is 1.08. The SMILES string of the molecule is CC(C)N(c1ccc(Oc2ccc3cc(C(=O)N4CCN(Cc5ccc(OCC(F)(F)F)cc5)CC4)n(C)c3c2)nc1)S(=O)(=O)c1ccc(Cl)c(Cl)c1. The van der Waals surface area contributed by atoms with Crippen LogP contribution in [0.3, 0.4) is 0 Å². The molecule has 16 heteroatoms. The molecule has 0 spiro atoms. The fraction of sp³-hybridized carbons (Fsp3) is 0.297. The molecule has 280 valence electrons. The lowest BCUT2D eigenvalue weighted by Gasteiger charge is -2.34. The number of nitrogens with zero attached hydrogens (tertiary/aromatic N) is 5. The fourth-order valence-electron chi connectivity index (χ4n) is 6.11. The highest BCUT2D eigenvalue weighted by atomic mass is 35.5. The molecule has 1 aliphatic rings. The van der Waals surface area contributed by atoms with Gasteiger partial charge in [-0.1, -0.05) is 35.3 Å². The monoisotopic (exact) mass is 789 g/mol. The topological polar surface area (TPSA) is 97.2 Å². The van der Waals surface area contributed by atoms with Crippen molar-refractivity contribution < 1.29 is 35.9 Å². The summed E-state index contributed by atoms with van der Waals surface area (Å²) in [6, 6.07) is 20.8. The second-order valence-corrected chi connectivity index (χ2v) is 15.5. The first-order valence-corrected chi connectivity index (χ1v) is 18.8. The maximum Gasteiger partial charge on any atom is 0.422 e. The van der Waals surface area contributed by atoms with Gasteiger partial charge in [0.15, 0.2) is 6.61 Å². The standard InChI is InChI=1S/C37H36Cl2F3N5O5S/c1-24(2)47(53(49,50)30-11-12-31(38)32(39)20-30)27-7-13-35(43-21-27)52-29-10-6-26-18-34(44(3)33(26)19-29)36(48)46-16-14-45(15-17-46)22-25-4-8-28(9-5-25)51-23-37(40,41)42/h4-13,18-21,24H,14-17,22-23H2,1-3H3. The first-order valence-electron chi connectivity index (χ1n) is 16.6. The number of hydrogen-bond acceptors (Lipinski definition) is 7. The van der Waals surface area contributed by atoms with Crippen molar-refractivity contribution in [3.8, 4) is 17.4 Å². The van der Waals surface area contributed by atoms with Crippen LogP contribution in [-0.2, 0) is 23.6 Å². The van der Waals surface area contributed by atoms with Crippen molar-refractivity contribution in [2.45, 2.75) is 37.5 Å². The molecule has 1 aliphatic heterocycles. The normalized spacial score (nSPS) is 14.2. The largest absolute Gasteiger partial charge is 0.484 e. The van der Waals surface area contributed by atoms with E-state index in [4.69, 9.17) is 32.7 Å². The predicted octanol–water partition coefficient (Wildman–Crippen LogP) is 8.18. The van der Waals surface area contributed by atoms with E-state index in [9.17, 15) is 26.4 Å². The quantitative estimate of drug-likeness (QED) is 0.133. The number of aromatic nitrogens is 2. The van der Waals surface area contributed by atoms with E-state index in [-0.39, 0.29) is 32.5 Å². The summed E-state index contributed by atoms with van der Waals surface area (Å²) < 4.78 is 78.3. The van der Waals surface area contributed by atoms with Crippen LogP contribution >= 0.6 is 23.2 Å². The summed E-state index contributed by atoms with van der Waals surface area (Å²) in [5.74, 6) is 0.792. The molecular formula is C37H36Cl2F3N5O5S. The van der Waals surface area contributed by atoms with Crippen LogP contribution < -0.4 is 13.8 Å². The van der Waals surface area contributed by atoms with Crippen LogP contribution in [0.1, 0.15) is 29.9 Å². The molecule has 0 radical (unpaired) electrons. The van der Waals surface area contributed by atoms with Gasteiger partial charge >= 0.3 is 6.18 Å². The molecule has 0 unspecified atom stereocenters. The Morgan fingerprint density at radius 3 is 2.23 bits per heavy atom. The van der Waals surface area contributed by atoms with E-state index < -0.39 is 28.8 Å². The average Bonchev–Trinajstić information content (AvgIpc) is 3.44. The molecule has 10 nitrogen and oxygen atoms in total. The summed E-state index contributed by atoms with van der Waals surface area (Å²) >= 11 is 12.1.